The van der Waals surface area contributed by atoms with Crippen LogP contribution < -0.4 is 9.47 Å². The molecule has 5 nitrogen and oxygen atoms in total. The Balaban J connectivity index is 1.55. The van der Waals surface area contributed by atoms with Crippen LogP contribution in [-0.2, 0) is 6.42 Å². The fourth-order valence-electron chi connectivity index (χ4n) is 3.97. The first-order chi connectivity index (χ1) is 14.7. The van der Waals surface area contributed by atoms with Crippen molar-refractivity contribution < 1.29 is 14.3 Å². The van der Waals surface area contributed by atoms with Crippen molar-refractivity contribution >= 4 is 17.2 Å². The van der Waals surface area contributed by atoms with Crippen molar-refractivity contribution in [3.8, 4) is 22.6 Å². The molecule has 1 aliphatic rings. The van der Waals surface area contributed by atoms with Gasteiger partial charge < -0.3 is 9.47 Å². The molecule has 0 fully saturated rings. The summed E-state index contributed by atoms with van der Waals surface area (Å²) in [6.45, 7) is 3.27. The highest BCUT2D eigenvalue weighted by Gasteiger charge is 2.15. The average molecular weight is 396 g/mol. The molecule has 0 amide bonds. The van der Waals surface area contributed by atoms with E-state index in [-0.39, 0.29) is 0 Å². The number of ether oxygens (including phenoxy) is 2. The SMILES string of the molecule is Cc1c(Cc2nccc3c(C=O)ccnc23)cccc1-c1ccc2c(c1)OCCO2. The second-order valence-corrected chi connectivity index (χ2v) is 7.30. The molecule has 148 valence electrons. The fourth-order valence-corrected chi connectivity index (χ4v) is 3.97. The molecule has 0 spiro atoms. The fraction of sp³-hybridized carbons (Fsp3) is 0.160. The zero-order valence-electron chi connectivity index (χ0n) is 16.6. The van der Waals surface area contributed by atoms with E-state index in [2.05, 4.69) is 41.2 Å². The third-order valence-electron chi connectivity index (χ3n) is 5.55. The number of carbonyl (C=O) groups excluding carboxylic acids is 1. The molecule has 0 saturated heterocycles. The molecule has 2 aromatic carbocycles. The maximum atomic E-state index is 11.4. The summed E-state index contributed by atoms with van der Waals surface area (Å²) in [6.07, 6.45) is 4.90. The van der Waals surface area contributed by atoms with Crippen LogP contribution >= 0.6 is 0 Å². The van der Waals surface area contributed by atoms with Crippen molar-refractivity contribution in [1.29, 1.82) is 0 Å². The number of fused-ring (bicyclic) bond motifs is 2. The molecule has 5 rings (SSSR count). The van der Waals surface area contributed by atoms with Crippen LogP contribution in [0.4, 0.5) is 0 Å². The second-order valence-electron chi connectivity index (χ2n) is 7.30. The summed E-state index contributed by atoms with van der Waals surface area (Å²) in [4.78, 5) is 20.4. The normalized spacial score (nSPS) is 12.7. The van der Waals surface area contributed by atoms with Gasteiger partial charge in [-0.1, -0.05) is 24.3 Å². The summed E-state index contributed by atoms with van der Waals surface area (Å²) in [5, 5.41) is 0.832. The van der Waals surface area contributed by atoms with Crippen LogP contribution in [-0.4, -0.2) is 29.5 Å². The first kappa shape index (κ1) is 18.3. The molecule has 3 heterocycles. The van der Waals surface area contributed by atoms with Crippen LogP contribution in [0.5, 0.6) is 11.5 Å². The maximum absolute atomic E-state index is 11.4. The Morgan fingerprint density at radius 1 is 0.967 bits per heavy atom. The number of aldehydes is 1. The van der Waals surface area contributed by atoms with Gasteiger partial charge in [0.15, 0.2) is 17.8 Å². The summed E-state index contributed by atoms with van der Waals surface area (Å²) < 4.78 is 11.4. The van der Waals surface area contributed by atoms with Gasteiger partial charge in [-0.05, 0) is 53.4 Å². The van der Waals surface area contributed by atoms with E-state index < -0.39 is 0 Å². The van der Waals surface area contributed by atoms with Crippen molar-refractivity contribution in [3.05, 3.63) is 83.3 Å². The smallest absolute Gasteiger partial charge is 0.161 e. The zero-order chi connectivity index (χ0) is 20.5. The Bertz CT molecular complexity index is 1270. The third-order valence-corrected chi connectivity index (χ3v) is 5.55. The molecule has 1 aliphatic heterocycles. The standard InChI is InChI=1S/C25H20N2O3/c1-16-17(13-22-25-21(8-10-26-22)19(15-28)7-9-27-25)3-2-4-20(16)18-5-6-23-24(14-18)30-12-11-29-23/h2-10,14-15H,11-13H2,1H3. The predicted molar refractivity (Wildman–Crippen MR) is 115 cm³/mol. The van der Waals surface area contributed by atoms with Crippen molar-refractivity contribution in [3.63, 3.8) is 0 Å². The molecule has 0 unspecified atom stereocenters. The van der Waals surface area contributed by atoms with Crippen LogP contribution in [0.25, 0.3) is 22.0 Å². The minimum Gasteiger partial charge on any atom is -0.486 e. The molecule has 0 bridgehead atoms. The van der Waals surface area contributed by atoms with E-state index >= 15 is 0 Å². The number of hydrogen-bond acceptors (Lipinski definition) is 5. The largest absolute Gasteiger partial charge is 0.486 e. The molecule has 30 heavy (non-hydrogen) atoms. The van der Waals surface area contributed by atoms with E-state index in [1.54, 1.807) is 18.5 Å². The minimum atomic E-state index is 0.567. The Kier molecular flexibility index (Phi) is 4.64. The van der Waals surface area contributed by atoms with Crippen LogP contribution in [0.3, 0.4) is 0 Å². The summed E-state index contributed by atoms with van der Waals surface area (Å²) in [5.74, 6) is 1.57. The van der Waals surface area contributed by atoms with Crippen LogP contribution in [0.15, 0.2) is 60.9 Å². The summed E-state index contributed by atoms with van der Waals surface area (Å²) in [6, 6.07) is 15.9. The van der Waals surface area contributed by atoms with Crippen molar-refractivity contribution in [2.24, 2.45) is 0 Å². The van der Waals surface area contributed by atoms with Crippen LogP contribution in [0.1, 0.15) is 27.2 Å². The highest BCUT2D eigenvalue weighted by molar-refractivity contribution is 5.96. The molecule has 0 N–H and O–H groups in total. The number of hydrogen-bond donors (Lipinski definition) is 0. The van der Waals surface area contributed by atoms with Crippen molar-refractivity contribution in [1.82, 2.24) is 9.97 Å². The monoisotopic (exact) mass is 396 g/mol. The van der Waals surface area contributed by atoms with Gasteiger partial charge in [-0.2, -0.15) is 0 Å². The molecule has 4 aromatic rings. The molecule has 0 radical (unpaired) electrons. The molecule has 0 saturated carbocycles. The van der Waals surface area contributed by atoms with Crippen molar-refractivity contribution in [2.75, 3.05) is 13.2 Å². The molecular formula is C25H20N2O3. The Morgan fingerprint density at radius 3 is 2.67 bits per heavy atom. The number of pyridine rings is 2. The Labute approximate surface area is 174 Å². The lowest BCUT2D eigenvalue weighted by Gasteiger charge is -2.19. The van der Waals surface area contributed by atoms with Gasteiger partial charge in [0.1, 0.15) is 13.2 Å². The van der Waals surface area contributed by atoms with Crippen molar-refractivity contribution in [2.45, 2.75) is 13.3 Å². The van der Waals surface area contributed by atoms with Crippen LogP contribution in [0, 0.1) is 6.92 Å². The maximum Gasteiger partial charge on any atom is 0.161 e. The Hall–Kier alpha value is -3.73. The van der Waals surface area contributed by atoms with Gasteiger partial charge in [-0.25, -0.2) is 0 Å². The molecule has 0 aliphatic carbocycles. The van der Waals surface area contributed by atoms with Gasteiger partial charge >= 0.3 is 0 Å². The number of benzene rings is 2. The van der Waals surface area contributed by atoms with Gasteiger partial charge in [-0.3, -0.25) is 14.8 Å². The van der Waals surface area contributed by atoms with E-state index in [4.69, 9.17) is 9.47 Å². The zero-order valence-corrected chi connectivity index (χ0v) is 16.6. The van der Waals surface area contributed by atoms with E-state index in [9.17, 15) is 4.79 Å². The lowest BCUT2D eigenvalue weighted by atomic mass is 9.93. The number of aromatic nitrogens is 2. The van der Waals surface area contributed by atoms with E-state index in [0.717, 1.165) is 45.5 Å². The number of rotatable bonds is 4. The molecular weight excluding hydrogens is 376 g/mol. The van der Waals surface area contributed by atoms with Gasteiger partial charge in [0, 0.05) is 29.8 Å². The lowest BCUT2D eigenvalue weighted by molar-refractivity contribution is 0.112. The summed E-state index contributed by atoms with van der Waals surface area (Å²) in [7, 11) is 0. The Morgan fingerprint density at radius 2 is 1.80 bits per heavy atom. The summed E-state index contributed by atoms with van der Waals surface area (Å²) in [5.41, 5.74) is 6.84. The van der Waals surface area contributed by atoms with Gasteiger partial charge in [-0.15, -0.1) is 0 Å². The molecule has 0 atom stereocenters. The molecule has 2 aromatic heterocycles. The predicted octanol–water partition coefficient (Wildman–Crippen LogP) is 4.78. The number of nitrogens with zero attached hydrogens (tertiary/aromatic N) is 2. The van der Waals surface area contributed by atoms with E-state index in [1.807, 2.05) is 18.2 Å². The van der Waals surface area contributed by atoms with Crippen LogP contribution in [0.2, 0.25) is 0 Å². The third kappa shape index (κ3) is 3.18. The second kappa shape index (κ2) is 7.59. The first-order valence-corrected chi connectivity index (χ1v) is 9.91. The number of carbonyl (C=O) groups is 1. The van der Waals surface area contributed by atoms with E-state index in [1.165, 1.54) is 11.1 Å². The first-order valence-electron chi connectivity index (χ1n) is 9.91. The van der Waals surface area contributed by atoms with Gasteiger partial charge in [0.2, 0.25) is 0 Å². The summed E-state index contributed by atoms with van der Waals surface area (Å²) >= 11 is 0. The minimum absolute atomic E-state index is 0.567. The van der Waals surface area contributed by atoms with Gasteiger partial charge in [0.05, 0.1) is 11.2 Å². The highest BCUT2D eigenvalue weighted by atomic mass is 16.6. The quantitative estimate of drug-likeness (QED) is 0.465. The average Bonchev–Trinajstić information content (AvgIpc) is 2.80. The lowest BCUT2D eigenvalue weighted by Crippen LogP contribution is -2.15. The van der Waals surface area contributed by atoms with Gasteiger partial charge in [0.25, 0.3) is 0 Å². The highest BCUT2D eigenvalue weighted by Crippen LogP contribution is 2.36. The van der Waals surface area contributed by atoms with E-state index in [0.29, 0.717) is 25.2 Å². The topological polar surface area (TPSA) is 61.3 Å². The molecule has 5 heteroatoms.